The van der Waals surface area contributed by atoms with Gasteiger partial charge in [-0.2, -0.15) is 0 Å². The maximum atomic E-state index is 2.20. The summed E-state index contributed by atoms with van der Waals surface area (Å²) in [6, 6.07) is 8.55. The van der Waals surface area contributed by atoms with Crippen molar-refractivity contribution in [2.75, 3.05) is 0 Å². The van der Waals surface area contributed by atoms with E-state index in [4.69, 9.17) is 0 Å². The van der Waals surface area contributed by atoms with Gasteiger partial charge in [0.1, 0.15) is 0 Å². The number of benzene rings is 1. The van der Waals surface area contributed by atoms with Crippen LogP contribution in [0.1, 0.15) is 25.0 Å². The van der Waals surface area contributed by atoms with Crippen LogP contribution in [0.5, 0.6) is 0 Å². The predicted octanol–water partition coefficient (Wildman–Crippen LogP) is 3.15. The summed E-state index contributed by atoms with van der Waals surface area (Å²) >= 11 is 0. The Morgan fingerprint density at radius 3 is 2.36 bits per heavy atom. The summed E-state index contributed by atoms with van der Waals surface area (Å²) < 4.78 is 0. The van der Waals surface area contributed by atoms with Gasteiger partial charge in [0.25, 0.3) is 0 Å². The van der Waals surface area contributed by atoms with E-state index in [1.807, 2.05) is 0 Å². The van der Waals surface area contributed by atoms with Crippen molar-refractivity contribution in [3.05, 3.63) is 41.3 Å². The monoisotopic (exact) mass is 147 g/mol. The second-order valence-corrected chi connectivity index (χ2v) is 3.31. The molecule has 1 aromatic carbocycles. The van der Waals surface area contributed by atoms with Gasteiger partial charge in [0.15, 0.2) is 0 Å². The van der Waals surface area contributed by atoms with Crippen molar-refractivity contribution in [1.29, 1.82) is 0 Å². The highest BCUT2D eigenvalue weighted by molar-refractivity contribution is 5.27. The van der Waals surface area contributed by atoms with Gasteiger partial charge in [-0.05, 0) is 30.4 Å². The molecule has 0 N–H and O–H groups in total. The lowest BCUT2D eigenvalue weighted by atomic mass is 9.99. The first kappa shape index (κ1) is 8.32. The van der Waals surface area contributed by atoms with Crippen LogP contribution in [0.15, 0.2) is 24.3 Å². The molecule has 0 nitrogen and oxygen atoms in total. The van der Waals surface area contributed by atoms with Crippen LogP contribution in [0.3, 0.4) is 0 Å². The summed E-state index contributed by atoms with van der Waals surface area (Å²) in [6.07, 6.45) is 1.12. The fourth-order valence-corrected chi connectivity index (χ4v) is 1.19. The third-order valence-corrected chi connectivity index (χ3v) is 1.81. The molecule has 0 spiro atoms. The zero-order valence-corrected chi connectivity index (χ0v) is 7.52. The molecule has 1 aromatic rings. The molecule has 1 rings (SSSR count). The molecule has 0 saturated carbocycles. The number of hydrogen-bond acceptors (Lipinski definition) is 0. The van der Waals surface area contributed by atoms with Crippen molar-refractivity contribution in [3.8, 4) is 0 Å². The van der Waals surface area contributed by atoms with Gasteiger partial charge >= 0.3 is 0 Å². The normalized spacial score (nSPS) is 10.5. The van der Waals surface area contributed by atoms with Crippen molar-refractivity contribution in [2.45, 2.75) is 27.2 Å². The van der Waals surface area contributed by atoms with Gasteiger partial charge in [-0.25, -0.2) is 0 Å². The molecule has 0 fully saturated rings. The van der Waals surface area contributed by atoms with Crippen LogP contribution in [0.25, 0.3) is 0 Å². The molecule has 0 unspecified atom stereocenters. The topological polar surface area (TPSA) is 0 Å². The number of hydrogen-bond donors (Lipinski definition) is 0. The zero-order chi connectivity index (χ0) is 8.27. The molecule has 0 aliphatic rings. The van der Waals surface area contributed by atoms with Crippen LogP contribution in [0, 0.1) is 12.8 Å². The number of rotatable bonds is 2. The van der Waals surface area contributed by atoms with E-state index in [1.54, 1.807) is 0 Å². The molecular weight excluding hydrogens is 132 g/mol. The lowest BCUT2D eigenvalue weighted by molar-refractivity contribution is 0.947. The largest absolute Gasteiger partial charge is 0.0620 e. The molecule has 0 aliphatic carbocycles. The van der Waals surface area contributed by atoms with Gasteiger partial charge in [0, 0.05) is 0 Å². The summed E-state index contributed by atoms with van der Waals surface area (Å²) in [5.41, 5.74) is 2.85. The van der Waals surface area contributed by atoms with Crippen LogP contribution >= 0.6 is 0 Å². The molecule has 0 atom stereocenters. The fraction of sp³-hybridized carbons (Fsp3) is 0.364. The Morgan fingerprint density at radius 2 is 1.82 bits per heavy atom. The van der Waals surface area contributed by atoms with Crippen LogP contribution in [0.2, 0.25) is 0 Å². The average molecular weight is 147 g/mol. The Hall–Kier alpha value is -0.780. The van der Waals surface area contributed by atoms with Crippen molar-refractivity contribution >= 4 is 0 Å². The first-order valence-electron chi connectivity index (χ1n) is 4.03. The van der Waals surface area contributed by atoms with Gasteiger partial charge < -0.3 is 0 Å². The van der Waals surface area contributed by atoms with E-state index in [1.165, 1.54) is 17.0 Å². The highest BCUT2D eigenvalue weighted by atomic mass is 14.0. The SMILES string of the molecule is C[C](C)Cc1ccccc1C. The molecule has 0 heterocycles. The van der Waals surface area contributed by atoms with Crippen LogP contribution in [0.4, 0.5) is 0 Å². The van der Waals surface area contributed by atoms with E-state index in [-0.39, 0.29) is 0 Å². The molecular formula is C11H15. The standard InChI is InChI=1S/C11H15/c1-9(2)8-11-7-5-4-6-10(11)3/h4-7H,8H2,1-3H3. The molecule has 0 saturated heterocycles. The van der Waals surface area contributed by atoms with Crippen molar-refractivity contribution in [2.24, 2.45) is 0 Å². The van der Waals surface area contributed by atoms with Gasteiger partial charge in [0.2, 0.25) is 0 Å². The first-order valence-corrected chi connectivity index (χ1v) is 4.03. The maximum Gasteiger partial charge on any atom is -0.0219 e. The van der Waals surface area contributed by atoms with E-state index in [0.29, 0.717) is 0 Å². The molecule has 1 radical (unpaired) electrons. The summed E-state index contributed by atoms with van der Waals surface area (Å²) in [5, 5.41) is 0. The Balaban J connectivity index is 2.78. The van der Waals surface area contributed by atoms with Gasteiger partial charge in [0.05, 0.1) is 0 Å². The van der Waals surface area contributed by atoms with Crippen LogP contribution < -0.4 is 0 Å². The van der Waals surface area contributed by atoms with Gasteiger partial charge in [-0.15, -0.1) is 0 Å². The molecule has 0 bridgehead atoms. The Labute approximate surface area is 69.3 Å². The summed E-state index contributed by atoms with van der Waals surface area (Å²) in [7, 11) is 0. The molecule has 0 heteroatoms. The summed E-state index contributed by atoms with van der Waals surface area (Å²) in [5.74, 6) is 1.47. The van der Waals surface area contributed by atoms with E-state index < -0.39 is 0 Å². The smallest absolute Gasteiger partial charge is 0.0219 e. The second kappa shape index (κ2) is 3.56. The number of aryl methyl sites for hydroxylation is 1. The Bertz CT molecular complexity index is 223. The average Bonchev–Trinajstić information content (AvgIpc) is 1.93. The minimum Gasteiger partial charge on any atom is -0.0620 e. The van der Waals surface area contributed by atoms with E-state index in [0.717, 1.165) is 6.42 Å². The molecule has 0 aromatic heterocycles. The van der Waals surface area contributed by atoms with Crippen molar-refractivity contribution in [3.63, 3.8) is 0 Å². The summed E-state index contributed by atoms with van der Waals surface area (Å²) in [4.78, 5) is 0. The minimum absolute atomic E-state index is 1.12. The van der Waals surface area contributed by atoms with E-state index >= 15 is 0 Å². The molecule has 59 valence electrons. The van der Waals surface area contributed by atoms with Crippen molar-refractivity contribution < 1.29 is 0 Å². The zero-order valence-electron chi connectivity index (χ0n) is 7.52. The Morgan fingerprint density at radius 1 is 1.18 bits per heavy atom. The minimum atomic E-state index is 1.12. The highest BCUT2D eigenvalue weighted by Crippen LogP contribution is 2.12. The molecule has 0 aliphatic heterocycles. The van der Waals surface area contributed by atoms with Crippen LogP contribution in [-0.2, 0) is 6.42 Å². The van der Waals surface area contributed by atoms with Crippen LogP contribution in [-0.4, -0.2) is 0 Å². The maximum absolute atomic E-state index is 2.20. The summed E-state index contributed by atoms with van der Waals surface area (Å²) in [6.45, 7) is 6.51. The highest BCUT2D eigenvalue weighted by Gasteiger charge is 1.99. The lowest BCUT2D eigenvalue weighted by Gasteiger charge is -2.06. The van der Waals surface area contributed by atoms with Gasteiger partial charge in [-0.3, -0.25) is 0 Å². The first-order chi connectivity index (χ1) is 5.20. The second-order valence-electron chi connectivity index (χ2n) is 3.31. The Kier molecular flexibility index (Phi) is 2.70. The van der Waals surface area contributed by atoms with E-state index in [9.17, 15) is 0 Å². The quantitative estimate of drug-likeness (QED) is 0.602. The van der Waals surface area contributed by atoms with E-state index in [2.05, 4.69) is 45.0 Å². The predicted molar refractivity (Wildman–Crippen MR) is 49.5 cm³/mol. The molecule has 0 amide bonds. The lowest BCUT2D eigenvalue weighted by Crippen LogP contribution is -1.93. The third-order valence-electron chi connectivity index (χ3n) is 1.81. The fourth-order valence-electron chi connectivity index (χ4n) is 1.19. The molecule has 11 heavy (non-hydrogen) atoms. The van der Waals surface area contributed by atoms with Crippen molar-refractivity contribution in [1.82, 2.24) is 0 Å². The van der Waals surface area contributed by atoms with Gasteiger partial charge in [-0.1, -0.05) is 38.1 Å². The third kappa shape index (κ3) is 2.38.